The molecule has 140 valence electrons. The van der Waals surface area contributed by atoms with Crippen LogP contribution in [-0.2, 0) is 18.9 Å². The molecule has 0 spiro atoms. The second-order valence-electron chi connectivity index (χ2n) is 5.18. The summed E-state index contributed by atoms with van der Waals surface area (Å²) in [4.78, 5) is 11.8. The average molecular weight is 383 g/mol. The van der Waals surface area contributed by atoms with Gasteiger partial charge in [-0.3, -0.25) is 4.79 Å². The average Bonchev–Trinajstić information content (AvgIpc) is 2.53. The largest absolute Gasteiger partial charge is 0.419 e. The molecule has 0 aromatic heterocycles. The van der Waals surface area contributed by atoms with Crippen LogP contribution in [0.25, 0.3) is 0 Å². The van der Waals surface area contributed by atoms with E-state index in [1.165, 1.54) is 0 Å². The third-order valence-corrected chi connectivity index (χ3v) is 3.33. The molecule has 2 nitrogen and oxygen atoms in total. The molecule has 0 radical (unpaired) electrons. The molecule has 26 heavy (non-hydrogen) atoms. The summed E-state index contributed by atoms with van der Waals surface area (Å²) in [6.07, 6.45) is -9.77. The number of halogens is 8. The van der Waals surface area contributed by atoms with Gasteiger partial charge in [0.1, 0.15) is 11.6 Å². The third kappa shape index (κ3) is 4.50. The van der Waals surface area contributed by atoms with Crippen molar-refractivity contribution in [3.63, 3.8) is 0 Å². The second kappa shape index (κ2) is 6.93. The molecule has 1 N–H and O–H groups in total. The molecule has 0 saturated carbocycles. The van der Waals surface area contributed by atoms with Gasteiger partial charge >= 0.3 is 12.4 Å². The molecule has 0 atom stereocenters. The predicted molar refractivity (Wildman–Crippen MR) is 74.0 cm³/mol. The smallest absolute Gasteiger partial charge is 0.348 e. The van der Waals surface area contributed by atoms with Crippen LogP contribution < -0.4 is 5.32 Å². The standard InChI is InChI=1S/C16H9F8NO/c17-12-6-11(16(22,23)24)13(18)5-9(12)7-25-14(26)8-2-1-3-10(4-8)15(19,20)21/h1-6H,7H2,(H,25,26). The van der Waals surface area contributed by atoms with Gasteiger partial charge in [-0.1, -0.05) is 6.07 Å². The molecule has 1 amide bonds. The van der Waals surface area contributed by atoms with Crippen LogP contribution in [0.5, 0.6) is 0 Å². The summed E-state index contributed by atoms with van der Waals surface area (Å²) < 4.78 is 102. The Hall–Kier alpha value is -2.65. The molecule has 0 aliphatic rings. The van der Waals surface area contributed by atoms with Gasteiger partial charge in [-0.15, -0.1) is 0 Å². The van der Waals surface area contributed by atoms with Crippen LogP contribution in [0.1, 0.15) is 27.0 Å². The number of alkyl halides is 6. The highest BCUT2D eigenvalue weighted by Crippen LogP contribution is 2.33. The van der Waals surface area contributed by atoms with E-state index >= 15 is 0 Å². The van der Waals surface area contributed by atoms with Gasteiger partial charge in [0.2, 0.25) is 0 Å². The summed E-state index contributed by atoms with van der Waals surface area (Å²) in [5.74, 6) is -4.18. The molecule has 0 heterocycles. The van der Waals surface area contributed by atoms with Crippen molar-refractivity contribution < 1.29 is 39.9 Å². The summed E-state index contributed by atoms with van der Waals surface area (Å²) >= 11 is 0. The van der Waals surface area contributed by atoms with Crippen LogP contribution in [-0.4, -0.2) is 5.91 Å². The van der Waals surface area contributed by atoms with E-state index in [2.05, 4.69) is 0 Å². The zero-order chi connectivity index (χ0) is 19.7. The van der Waals surface area contributed by atoms with Gasteiger partial charge in [0.15, 0.2) is 0 Å². The number of hydrogen-bond acceptors (Lipinski definition) is 1. The van der Waals surface area contributed by atoms with Crippen molar-refractivity contribution >= 4 is 5.91 Å². The van der Waals surface area contributed by atoms with Crippen LogP contribution in [0.2, 0.25) is 0 Å². The highest BCUT2D eigenvalue weighted by Gasteiger charge is 2.35. The first-order valence-corrected chi connectivity index (χ1v) is 6.90. The van der Waals surface area contributed by atoms with Crippen molar-refractivity contribution in [1.82, 2.24) is 5.32 Å². The van der Waals surface area contributed by atoms with Crippen molar-refractivity contribution in [3.8, 4) is 0 Å². The SMILES string of the molecule is O=C(NCc1cc(F)c(C(F)(F)F)cc1F)c1cccc(C(F)(F)F)c1. The molecular weight excluding hydrogens is 374 g/mol. The maximum Gasteiger partial charge on any atom is 0.419 e. The topological polar surface area (TPSA) is 29.1 Å². The molecule has 0 unspecified atom stereocenters. The minimum Gasteiger partial charge on any atom is -0.348 e. The van der Waals surface area contributed by atoms with Crippen LogP contribution in [0.15, 0.2) is 36.4 Å². The maximum atomic E-state index is 13.7. The number of carbonyl (C=O) groups is 1. The number of amides is 1. The zero-order valence-corrected chi connectivity index (χ0v) is 12.6. The van der Waals surface area contributed by atoms with Crippen LogP contribution in [0.4, 0.5) is 35.1 Å². The lowest BCUT2D eigenvalue weighted by molar-refractivity contribution is -0.140. The quantitative estimate of drug-likeness (QED) is 0.748. The molecular formula is C16H9F8NO. The number of hydrogen-bond donors (Lipinski definition) is 1. The predicted octanol–water partition coefficient (Wildman–Crippen LogP) is 4.93. The third-order valence-electron chi connectivity index (χ3n) is 3.33. The van der Waals surface area contributed by atoms with E-state index in [0.717, 1.165) is 18.2 Å². The number of nitrogens with one attached hydrogen (secondary N) is 1. The van der Waals surface area contributed by atoms with E-state index in [9.17, 15) is 39.9 Å². The minimum absolute atomic E-state index is 0.0545. The minimum atomic E-state index is -5.09. The Bertz CT molecular complexity index is 826. The van der Waals surface area contributed by atoms with Crippen molar-refractivity contribution in [2.24, 2.45) is 0 Å². The molecule has 0 aliphatic carbocycles. The van der Waals surface area contributed by atoms with Gasteiger partial charge in [0.05, 0.1) is 11.1 Å². The van der Waals surface area contributed by atoms with Gasteiger partial charge in [0, 0.05) is 17.7 Å². The van der Waals surface area contributed by atoms with Crippen molar-refractivity contribution in [2.75, 3.05) is 0 Å². The van der Waals surface area contributed by atoms with Crippen LogP contribution >= 0.6 is 0 Å². The number of carbonyl (C=O) groups excluding carboxylic acids is 1. The van der Waals surface area contributed by atoms with Gasteiger partial charge in [0.25, 0.3) is 5.91 Å². The van der Waals surface area contributed by atoms with E-state index in [0.29, 0.717) is 6.07 Å². The fraction of sp³-hybridized carbons (Fsp3) is 0.188. The molecule has 0 aliphatic heterocycles. The Labute approximate surface area is 141 Å². The lowest BCUT2D eigenvalue weighted by Gasteiger charge is -2.12. The van der Waals surface area contributed by atoms with Crippen LogP contribution in [0, 0.1) is 11.6 Å². The zero-order valence-electron chi connectivity index (χ0n) is 12.6. The highest BCUT2D eigenvalue weighted by molar-refractivity contribution is 5.94. The summed E-state index contributed by atoms with van der Waals surface area (Å²) in [6, 6.07) is 3.55. The first-order valence-electron chi connectivity index (χ1n) is 6.90. The van der Waals surface area contributed by atoms with E-state index in [-0.39, 0.29) is 12.1 Å². The molecule has 10 heteroatoms. The summed E-state index contributed by atoms with van der Waals surface area (Å²) in [5, 5.41) is 2.03. The fourth-order valence-electron chi connectivity index (χ4n) is 2.06. The number of benzene rings is 2. The molecule has 0 bridgehead atoms. The van der Waals surface area contributed by atoms with Crippen molar-refractivity contribution in [2.45, 2.75) is 18.9 Å². The Morgan fingerprint density at radius 1 is 0.885 bits per heavy atom. The Morgan fingerprint density at radius 3 is 2.12 bits per heavy atom. The van der Waals surface area contributed by atoms with Gasteiger partial charge in [-0.05, 0) is 30.3 Å². The molecule has 2 aromatic rings. The molecule has 0 saturated heterocycles. The molecule has 2 aromatic carbocycles. The first-order chi connectivity index (χ1) is 11.9. The van der Waals surface area contributed by atoms with Gasteiger partial charge in [-0.25, -0.2) is 8.78 Å². The normalized spacial score (nSPS) is 12.2. The Balaban J connectivity index is 2.17. The highest BCUT2D eigenvalue weighted by atomic mass is 19.4. The summed E-state index contributed by atoms with van der Waals surface area (Å²) in [7, 11) is 0. The lowest BCUT2D eigenvalue weighted by Crippen LogP contribution is -2.24. The van der Waals surface area contributed by atoms with E-state index < -0.39 is 58.7 Å². The lowest BCUT2D eigenvalue weighted by atomic mass is 10.1. The Kier molecular flexibility index (Phi) is 5.24. The summed E-state index contributed by atoms with van der Waals surface area (Å²) in [6.45, 7) is -0.712. The first kappa shape index (κ1) is 19.7. The second-order valence-corrected chi connectivity index (χ2v) is 5.18. The van der Waals surface area contributed by atoms with Crippen molar-refractivity contribution in [1.29, 1.82) is 0 Å². The Morgan fingerprint density at radius 2 is 1.54 bits per heavy atom. The molecule has 2 rings (SSSR count). The van der Waals surface area contributed by atoms with Crippen LogP contribution in [0.3, 0.4) is 0 Å². The van der Waals surface area contributed by atoms with E-state index in [1.807, 2.05) is 5.32 Å². The maximum absolute atomic E-state index is 13.7. The van der Waals surface area contributed by atoms with E-state index in [4.69, 9.17) is 0 Å². The number of rotatable bonds is 3. The summed E-state index contributed by atoms with van der Waals surface area (Å²) in [5.41, 5.74) is -3.87. The fourth-order valence-corrected chi connectivity index (χ4v) is 2.06. The monoisotopic (exact) mass is 383 g/mol. The van der Waals surface area contributed by atoms with Gasteiger partial charge in [-0.2, -0.15) is 26.3 Å². The van der Waals surface area contributed by atoms with E-state index in [1.54, 1.807) is 0 Å². The molecule has 0 fully saturated rings. The van der Waals surface area contributed by atoms with Gasteiger partial charge < -0.3 is 5.32 Å². The van der Waals surface area contributed by atoms with Crippen molar-refractivity contribution in [3.05, 3.63) is 70.3 Å².